The summed E-state index contributed by atoms with van der Waals surface area (Å²) >= 11 is 0. The molecule has 0 aliphatic carbocycles. The van der Waals surface area contributed by atoms with Gasteiger partial charge < -0.3 is 0 Å². The second-order valence-corrected chi connectivity index (χ2v) is 4.91. The zero-order chi connectivity index (χ0) is 11.6. The van der Waals surface area contributed by atoms with Crippen LogP contribution in [0.5, 0.6) is 0 Å². The fourth-order valence-electron chi connectivity index (χ4n) is 1.68. The predicted octanol–water partition coefficient (Wildman–Crippen LogP) is 1.70. The van der Waals surface area contributed by atoms with Gasteiger partial charge in [0.2, 0.25) is 0 Å². The molecule has 3 nitrogen and oxygen atoms in total. The van der Waals surface area contributed by atoms with Crippen LogP contribution in [-0.2, 0) is 0 Å². The van der Waals surface area contributed by atoms with E-state index in [4.69, 9.17) is 0 Å². The van der Waals surface area contributed by atoms with Crippen molar-refractivity contribution in [2.75, 3.05) is 0 Å². The van der Waals surface area contributed by atoms with Crippen LogP contribution < -0.4 is 5.59 Å². The van der Waals surface area contributed by atoms with Crippen molar-refractivity contribution in [3.05, 3.63) is 24.8 Å². The first-order chi connectivity index (χ1) is 7.62. The fraction of sp³-hybridized carbons (Fsp3) is 0.417. The topological polar surface area (TPSA) is 38.7 Å². The van der Waals surface area contributed by atoms with Crippen LogP contribution in [0.25, 0.3) is 10.9 Å². The number of hydrogen-bond donors (Lipinski definition) is 0. The van der Waals surface area contributed by atoms with Crippen LogP contribution in [-0.4, -0.2) is 22.2 Å². The summed E-state index contributed by atoms with van der Waals surface area (Å²) in [6.45, 7) is 6.75. The van der Waals surface area contributed by atoms with Crippen molar-refractivity contribution in [1.29, 1.82) is 0 Å². The number of rotatable bonds is 3. The van der Waals surface area contributed by atoms with Gasteiger partial charge in [0.05, 0.1) is 11.7 Å². The summed E-state index contributed by atoms with van der Waals surface area (Å²) < 4.78 is 0. The van der Waals surface area contributed by atoms with Gasteiger partial charge in [-0.1, -0.05) is 32.5 Å². The molecule has 0 aliphatic heterocycles. The minimum atomic E-state index is 0.282. The Kier molecular flexibility index (Phi) is 2.90. The third-order valence-electron chi connectivity index (χ3n) is 3.12. The molecule has 4 heteroatoms. The number of nitrogens with zero attached hydrogens (tertiary/aromatic N) is 3. The molecular formula is C12H16BN3. The molecule has 2 aromatic heterocycles. The van der Waals surface area contributed by atoms with Crippen LogP contribution in [0.1, 0.15) is 27.2 Å². The molecule has 0 aromatic carbocycles. The van der Waals surface area contributed by atoms with Gasteiger partial charge in [0, 0.05) is 17.2 Å². The summed E-state index contributed by atoms with van der Waals surface area (Å²) in [5, 5.41) is 1.41. The second kappa shape index (κ2) is 4.20. The van der Waals surface area contributed by atoms with Gasteiger partial charge in [0.15, 0.2) is 7.28 Å². The third-order valence-corrected chi connectivity index (χ3v) is 3.12. The van der Waals surface area contributed by atoms with E-state index in [1.54, 1.807) is 18.7 Å². The third kappa shape index (κ3) is 2.21. The summed E-state index contributed by atoms with van der Waals surface area (Å²) in [5.74, 6) is 0. The standard InChI is InChI=1S/C12H16BN3/c1-4-12(2,3)13-11-9-5-6-14-7-10(9)15-8-16-11/h5-8,13H,4H2,1-3H3. The van der Waals surface area contributed by atoms with Crippen molar-refractivity contribution in [2.24, 2.45) is 0 Å². The van der Waals surface area contributed by atoms with Gasteiger partial charge in [-0.25, -0.2) is 4.98 Å². The Labute approximate surface area is 96.6 Å². The van der Waals surface area contributed by atoms with E-state index in [1.165, 1.54) is 0 Å². The Balaban J connectivity index is 2.45. The van der Waals surface area contributed by atoms with Gasteiger partial charge >= 0.3 is 0 Å². The molecule has 0 aliphatic rings. The van der Waals surface area contributed by atoms with Crippen LogP contribution in [0.3, 0.4) is 0 Å². The zero-order valence-corrected chi connectivity index (χ0v) is 10.1. The average molecular weight is 213 g/mol. The molecule has 82 valence electrons. The van der Waals surface area contributed by atoms with Gasteiger partial charge in [0.1, 0.15) is 6.33 Å². The number of hydrogen-bond acceptors (Lipinski definition) is 3. The Hall–Kier alpha value is -1.45. The lowest BCUT2D eigenvalue weighted by Crippen LogP contribution is -2.28. The molecule has 0 N–H and O–H groups in total. The largest absolute Gasteiger partial charge is 0.262 e. The molecule has 0 bridgehead atoms. The Morgan fingerprint density at radius 3 is 2.88 bits per heavy atom. The summed E-state index contributed by atoms with van der Waals surface area (Å²) in [6, 6.07) is 2.00. The summed E-state index contributed by atoms with van der Waals surface area (Å²) in [6.07, 6.45) is 6.36. The van der Waals surface area contributed by atoms with Crippen LogP contribution in [0.2, 0.25) is 5.31 Å². The van der Waals surface area contributed by atoms with Crippen LogP contribution >= 0.6 is 0 Å². The first kappa shape index (κ1) is 11.1. The molecule has 0 spiro atoms. The van der Waals surface area contributed by atoms with Crippen molar-refractivity contribution in [1.82, 2.24) is 15.0 Å². The molecule has 0 radical (unpaired) electrons. The van der Waals surface area contributed by atoms with E-state index in [0.717, 1.165) is 30.2 Å². The highest BCUT2D eigenvalue weighted by Gasteiger charge is 2.20. The highest BCUT2D eigenvalue weighted by molar-refractivity contribution is 6.58. The Bertz CT molecular complexity index is 491. The fourth-order valence-corrected chi connectivity index (χ4v) is 1.68. The van der Waals surface area contributed by atoms with E-state index in [-0.39, 0.29) is 5.31 Å². The van der Waals surface area contributed by atoms with Crippen molar-refractivity contribution < 1.29 is 0 Å². The maximum atomic E-state index is 4.40. The van der Waals surface area contributed by atoms with Crippen LogP contribution in [0, 0.1) is 0 Å². The summed E-state index contributed by atoms with van der Waals surface area (Å²) in [4.78, 5) is 12.7. The second-order valence-electron chi connectivity index (χ2n) is 4.91. The average Bonchev–Trinajstić information content (AvgIpc) is 2.29. The van der Waals surface area contributed by atoms with Gasteiger partial charge in [0.25, 0.3) is 0 Å². The molecule has 0 saturated heterocycles. The summed E-state index contributed by atoms with van der Waals surface area (Å²) in [7, 11) is 0.979. The molecule has 2 heterocycles. The highest BCUT2D eigenvalue weighted by Crippen LogP contribution is 2.26. The lowest BCUT2D eigenvalue weighted by atomic mass is 9.50. The van der Waals surface area contributed by atoms with E-state index >= 15 is 0 Å². The summed E-state index contributed by atoms with van der Waals surface area (Å²) in [5.41, 5.74) is 2.05. The quantitative estimate of drug-likeness (QED) is 0.728. The highest BCUT2D eigenvalue weighted by atomic mass is 14.8. The first-order valence-electron chi connectivity index (χ1n) is 5.66. The van der Waals surface area contributed by atoms with Gasteiger partial charge in [-0.2, -0.15) is 0 Å². The lowest BCUT2D eigenvalue weighted by Gasteiger charge is -2.20. The maximum Gasteiger partial charge on any atom is 0.189 e. The van der Waals surface area contributed by atoms with Gasteiger partial charge in [-0.15, -0.1) is 0 Å². The lowest BCUT2D eigenvalue weighted by molar-refractivity contribution is 0.647. The number of fused-ring (bicyclic) bond motifs is 1. The van der Waals surface area contributed by atoms with Crippen LogP contribution in [0.4, 0.5) is 0 Å². The Morgan fingerprint density at radius 1 is 1.31 bits per heavy atom. The van der Waals surface area contributed by atoms with Gasteiger partial charge in [-0.3, -0.25) is 9.97 Å². The molecule has 0 unspecified atom stereocenters. The van der Waals surface area contributed by atoms with E-state index in [9.17, 15) is 0 Å². The van der Waals surface area contributed by atoms with Crippen molar-refractivity contribution in [3.63, 3.8) is 0 Å². The van der Waals surface area contributed by atoms with E-state index < -0.39 is 0 Å². The SMILES string of the molecule is CCC(C)(C)Bc1ncnc2cnccc12. The molecule has 16 heavy (non-hydrogen) atoms. The zero-order valence-electron chi connectivity index (χ0n) is 10.1. The minimum absolute atomic E-state index is 0.282. The van der Waals surface area contributed by atoms with Crippen LogP contribution in [0.15, 0.2) is 24.8 Å². The van der Waals surface area contributed by atoms with E-state index in [1.807, 2.05) is 6.07 Å². The first-order valence-corrected chi connectivity index (χ1v) is 5.66. The monoisotopic (exact) mass is 213 g/mol. The van der Waals surface area contributed by atoms with E-state index in [0.29, 0.717) is 0 Å². The molecule has 0 saturated carbocycles. The van der Waals surface area contributed by atoms with Crippen molar-refractivity contribution >= 4 is 23.8 Å². The van der Waals surface area contributed by atoms with Gasteiger partial charge in [-0.05, 0) is 6.07 Å². The maximum absolute atomic E-state index is 4.40. The molecular weight excluding hydrogens is 197 g/mol. The molecule has 0 atom stereocenters. The van der Waals surface area contributed by atoms with Crippen molar-refractivity contribution in [2.45, 2.75) is 32.5 Å². The molecule has 0 amide bonds. The van der Waals surface area contributed by atoms with E-state index in [2.05, 4.69) is 35.7 Å². The Morgan fingerprint density at radius 2 is 2.12 bits per heavy atom. The predicted molar refractivity (Wildman–Crippen MR) is 68.4 cm³/mol. The van der Waals surface area contributed by atoms with Crippen molar-refractivity contribution in [3.8, 4) is 0 Å². The molecule has 0 fully saturated rings. The smallest absolute Gasteiger partial charge is 0.189 e. The molecule has 2 rings (SSSR count). The number of aromatic nitrogens is 3. The normalized spacial score (nSPS) is 11.7. The minimum Gasteiger partial charge on any atom is -0.262 e. The molecule has 2 aromatic rings. The number of pyridine rings is 1.